The second-order valence-corrected chi connectivity index (χ2v) is 6.02. The minimum Gasteiger partial charge on any atom is -0.507 e. The highest BCUT2D eigenvalue weighted by atomic mass is 16.5. The predicted molar refractivity (Wildman–Crippen MR) is 97.8 cm³/mol. The third-order valence-electron chi connectivity index (χ3n) is 4.20. The van der Waals surface area contributed by atoms with Crippen LogP contribution in [0.1, 0.15) is 43.0 Å². The van der Waals surface area contributed by atoms with Crippen molar-refractivity contribution >= 4 is 18.2 Å². The van der Waals surface area contributed by atoms with E-state index in [1.165, 1.54) is 40.0 Å². The van der Waals surface area contributed by atoms with Crippen LogP contribution in [-0.4, -0.2) is 45.8 Å². The van der Waals surface area contributed by atoms with Gasteiger partial charge < -0.3 is 30.0 Å². The Labute approximate surface area is 160 Å². The molecule has 0 aromatic heterocycles. The lowest BCUT2D eigenvalue weighted by molar-refractivity contribution is 0.0596. The van der Waals surface area contributed by atoms with Gasteiger partial charge in [0, 0.05) is 5.56 Å². The van der Waals surface area contributed by atoms with Gasteiger partial charge in [0.1, 0.15) is 34.1 Å². The summed E-state index contributed by atoms with van der Waals surface area (Å²) in [6.07, 6.45) is 0.771. The third-order valence-corrected chi connectivity index (χ3v) is 4.20. The molecule has 0 amide bonds. The van der Waals surface area contributed by atoms with E-state index < -0.39 is 29.2 Å². The van der Waals surface area contributed by atoms with Crippen LogP contribution < -0.4 is 4.74 Å². The molecule has 0 aliphatic carbocycles. The van der Waals surface area contributed by atoms with Gasteiger partial charge in [0.05, 0.1) is 18.9 Å². The number of esters is 2. The van der Waals surface area contributed by atoms with Crippen molar-refractivity contribution in [2.45, 2.75) is 20.8 Å². The lowest BCUT2D eigenvalue weighted by atomic mass is 10.0. The molecule has 0 saturated heterocycles. The van der Waals surface area contributed by atoms with E-state index in [1.54, 1.807) is 0 Å². The fraction of sp³-hybridized carbons (Fsp3) is 0.211. The molecule has 9 nitrogen and oxygen atoms in total. The Hall–Kier alpha value is -3.75. The molecule has 0 saturated carbocycles. The molecular formula is C19H19NO8. The Morgan fingerprint density at radius 3 is 2.11 bits per heavy atom. The number of aryl methyl sites for hydroxylation is 2. The summed E-state index contributed by atoms with van der Waals surface area (Å²) in [6.45, 7) is 4.44. The van der Waals surface area contributed by atoms with Crippen LogP contribution in [0.5, 0.6) is 23.0 Å². The lowest BCUT2D eigenvalue weighted by Gasteiger charge is -2.15. The normalized spacial score (nSPS) is 10.9. The summed E-state index contributed by atoms with van der Waals surface area (Å²) in [4.78, 5) is 24.4. The Kier molecular flexibility index (Phi) is 5.78. The first-order valence-electron chi connectivity index (χ1n) is 8.00. The van der Waals surface area contributed by atoms with Crippen molar-refractivity contribution in [1.29, 1.82) is 0 Å². The van der Waals surface area contributed by atoms with E-state index in [-0.39, 0.29) is 33.6 Å². The monoisotopic (exact) mass is 389 g/mol. The van der Waals surface area contributed by atoms with Gasteiger partial charge in [-0.25, -0.2) is 9.59 Å². The van der Waals surface area contributed by atoms with Crippen molar-refractivity contribution in [1.82, 2.24) is 0 Å². The molecule has 0 spiro atoms. The van der Waals surface area contributed by atoms with Gasteiger partial charge >= 0.3 is 11.9 Å². The molecule has 2 rings (SSSR count). The summed E-state index contributed by atoms with van der Waals surface area (Å²) in [5.74, 6) is -3.17. The highest BCUT2D eigenvalue weighted by Gasteiger charge is 2.25. The number of phenols is 3. The summed E-state index contributed by atoms with van der Waals surface area (Å²) >= 11 is 0. The summed E-state index contributed by atoms with van der Waals surface area (Å²) in [5, 5.41) is 41.8. The molecule has 0 atom stereocenters. The standard InChI is InChI=1S/C19H19NO8/c1-8-5-12(21)11(7-20-26)17(23)15(8)19(25)28-13-6-9(2)14(18(24)27-4)16(22)10(13)3/h5-7,21-23,26H,1-4H3/b20-7+. The second kappa shape index (κ2) is 7.87. The molecule has 0 radical (unpaired) electrons. The maximum atomic E-state index is 12.6. The van der Waals surface area contributed by atoms with Crippen molar-refractivity contribution in [2.75, 3.05) is 7.11 Å². The topological polar surface area (TPSA) is 146 Å². The van der Waals surface area contributed by atoms with Crippen LogP contribution in [-0.2, 0) is 4.74 Å². The molecular weight excluding hydrogens is 370 g/mol. The first-order valence-corrected chi connectivity index (χ1v) is 8.00. The number of carbonyl (C=O) groups excluding carboxylic acids is 2. The molecule has 148 valence electrons. The van der Waals surface area contributed by atoms with Crippen molar-refractivity contribution in [3.05, 3.63) is 45.5 Å². The Morgan fingerprint density at radius 2 is 1.54 bits per heavy atom. The molecule has 28 heavy (non-hydrogen) atoms. The molecule has 4 N–H and O–H groups in total. The van der Waals surface area contributed by atoms with Crippen LogP contribution in [0.15, 0.2) is 17.3 Å². The summed E-state index contributed by atoms with van der Waals surface area (Å²) in [6, 6.07) is 2.57. The van der Waals surface area contributed by atoms with Gasteiger partial charge in [0.15, 0.2) is 0 Å². The summed E-state index contributed by atoms with van der Waals surface area (Å²) in [5.41, 5.74) is 0.0628. The number of phenolic OH excluding ortho intramolecular Hbond substituents is 3. The number of rotatable bonds is 4. The lowest BCUT2D eigenvalue weighted by Crippen LogP contribution is -2.13. The van der Waals surface area contributed by atoms with Gasteiger partial charge in [0.2, 0.25) is 0 Å². The highest BCUT2D eigenvalue weighted by Crippen LogP contribution is 2.36. The SMILES string of the molecule is COC(=O)c1c(C)cc(OC(=O)c2c(C)cc(O)c(/C=N/O)c2O)c(C)c1O. The van der Waals surface area contributed by atoms with E-state index in [9.17, 15) is 24.9 Å². The third kappa shape index (κ3) is 3.54. The van der Waals surface area contributed by atoms with Gasteiger partial charge in [-0.15, -0.1) is 0 Å². The number of hydrogen-bond donors (Lipinski definition) is 4. The van der Waals surface area contributed by atoms with Crippen LogP contribution >= 0.6 is 0 Å². The first-order chi connectivity index (χ1) is 13.1. The molecule has 0 bridgehead atoms. The molecule has 2 aromatic carbocycles. The molecule has 0 unspecified atom stereocenters. The van der Waals surface area contributed by atoms with E-state index >= 15 is 0 Å². The minimum absolute atomic E-state index is 0.0306. The van der Waals surface area contributed by atoms with Gasteiger partial charge in [-0.1, -0.05) is 5.16 Å². The van der Waals surface area contributed by atoms with Crippen LogP contribution in [0.3, 0.4) is 0 Å². The number of carbonyl (C=O) groups is 2. The van der Waals surface area contributed by atoms with Crippen LogP contribution in [0, 0.1) is 20.8 Å². The zero-order chi connectivity index (χ0) is 21.2. The number of aromatic hydroxyl groups is 3. The van der Waals surface area contributed by atoms with Gasteiger partial charge in [-0.2, -0.15) is 0 Å². The van der Waals surface area contributed by atoms with Gasteiger partial charge in [-0.05, 0) is 44.0 Å². The van der Waals surface area contributed by atoms with Gasteiger partial charge in [0.25, 0.3) is 0 Å². The van der Waals surface area contributed by atoms with E-state index in [0.717, 1.165) is 6.21 Å². The largest absolute Gasteiger partial charge is 0.507 e. The summed E-state index contributed by atoms with van der Waals surface area (Å²) in [7, 11) is 1.17. The fourth-order valence-electron chi connectivity index (χ4n) is 2.73. The number of hydrogen-bond acceptors (Lipinski definition) is 9. The number of benzene rings is 2. The van der Waals surface area contributed by atoms with E-state index in [1.807, 2.05) is 0 Å². The Bertz CT molecular complexity index is 994. The predicted octanol–water partition coefficient (Wildman–Crippen LogP) is 2.54. The molecule has 0 fully saturated rings. The van der Waals surface area contributed by atoms with E-state index in [4.69, 9.17) is 9.94 Å². The van der Waals surface area contributed by atoms with E-state index in [0.29, 0.717) is 5.56 Å². The highest BCUT2D eigenvalue weighted by molar-refractivity contribution is 6.01. The molecule has 9 heteroatoms. The number of ether oxygens (including phenoxy) is 2. The van der Waals surface area contributed by atoms with Crippen molar-refractivity contribution in [2.24, 2.45) is 5.16 Å². The fourth-order valence-corrected chi connectivity index (χ4v) is 2.73. The molecule has 0 aliphatic heterocycles. The molecule has 0 aliphatic rings. The number of oxime groups is 1. The molecule has 2 aromatic rings. The second-order valence-electron chi connectivity index (χ2n) is 6.02. The minimum atomic E-state index is -0.977. The Balaban J connectivity index is 2.52. The number of methoxy groups -OCH3 is 1. The van der Waals surface area contributed by atoms with Crippen molar-refractivity contribution in [3.8, 4) is 23.0 Å². The van der Waals surface area contributed by atoms with E-state index in [2.05, 4.69) is 9.89 Å². The van der Waals surface area contributed by atoms with Crippen molar-refractivity contribution < 1.29 is 39.6 Å². The zero-order valence-electron chi connectivity index (χ0n) is 15.6. The number of nitrogens with zero attached hydrogens (tertiary/aromatic N) is 1. The maximum Gasteiger partial charge on any atom is 0.347 e. The van der Waals surface area contributed by atoms with Crippen LogP contribution in [0.25, 0.3) is 0 Å². The quantitative estimate of drug-likeness (QED) is 0.205. The average Bonchev–Trinajstić information content (AvgIpc) is 2.62. The van der Waals surface area contributed by atoms with Crippen LogP contribution in [0.2, 0.25) is 0 Å². The maximum absolute atomic E-state index is 12.6. The van der Waals surface area contributed by atoms with Crippen LogP contribution in [0.4, 0.5) is 0 Å². The smallest absolute Gasteiger partial charge is 0.347 e. The van der Waals surface area contributed by atoms with Gasteiger partial charge in [-0.3, -0.25) is 0 Å². The Morgan fingerprint density at radius 1 is 0.964 bits per heavy atom. The van der Waals surface area contributed by atoms with Crippen molar-refractivity contribution in [3.63, 3.8) is 0 Å². The summed E-state index contributed by atoms with van der Waals surface area (Å²) < 4.78 is 9.92. The first kappa shape index (κ1) is 20.6. The zero-order valence-corrected chi connectivity index (χ0v) is 15.6. The average molecular weight is 389 g/mol. The molecule has 0 heterocycles.